The van der Waals surface area contributed by atoms with Crippen LogP contribution < -0.4 is 9.47 Å². The van der Waals surface area contributed by atoms with E-state index < -0.39 is 0 Å². The van der Waals surface area contributed by atoms with Gasteiger partial charge in [0.1, 0.15) is 17.7 Å². The van der Waals surface area contributed by atoms with E-state index in [1.165, 1.54) is 0 Å². The van der Waals surface area contributed by atoms with Crippen molar-refractivity contribution in [2.75, 3.05) is 20.8 Å². The Morgan fingerprint density at radius 2 is 1.81 bits per heavy atom. The summed E-state index contributed by atoms with van der Waals surface area (Å²) in [6.07, 6.45) is -0.00982. The van der Waals surface area contributed by atoms with Crippen molar-refractivity contribution < 1.29 is 14.2 Å². The Kier molecular flexibility index (Phi) is 7.16. The molecule has 0 N–H and O–H groups in total. The van der Waals surface area contributed by atoms with E-state index >= 15 is 0 Å². The number of rotatable bonds is 5. The maximum Gasteiger partial charge on any atom is 0.137 e. The fraction of sp³-hybridized carbons (Fsp3) is 0.455. The molecule has 1 aliphatic heterocycles. The van der Waals surface area contributed by atoms with Crippen LogP contribution in [0.1, 0.15) is 39.5 Å². The van der Waals surface area contributed by atoms with Gasteiger partial charge < -0.3 is 14.2 Å². The zero-order valence-corrected chi connectivity index (χ0v) is 19.3. The van der Waals surface area contributed by atoms with Crippen LogP contribution in [0.15, 0.2) is 42.5 Å². The smallest absolute Gasteiger partial charge is 0.137 e. The summed E-state index contributed by atoms with van der Waals surface area (Å²) in [6.45, 7) is 9.17. The number of likely N-dealkylation sites (N-methyl/N-ethyl adjacent to an activating group) is 1. The minimum Gasteiger partial charge on any atom is -0.497 e. The number of hydrogen-bond donors (Lipinski definition) is 0. The molecule has 1 fully saturated rings. The van der Waals surface area contributed by atoms with Gasteiger partial charge in [-0.3, -0.25) is 4.90 Å². The lowest BCUT2D eigenvalue weighted by Crippen LogP contribution is -2.38. The lowest BCUT2D eigenvalue weighted by Gasteiger charge is -2.30. The quantitative estimate of drug-likeness (QED) is 0.526. The molecule has 2 aromatic rings. The zero-order chi connectivity index (χ0) is 18.9. The predicted octanol–water partition coefficient (Wildman–Crippen LogP) is 5.51. The van der Waals surface area contributed by atoms with E-state index in [9.17, 15) is 0 Å². The van der Waals surface area contributed by atoms with Crippen molar-refractivity contribution in [3.63, 3.8) is 0 Å². The van der Waals surface area contributed by atoms with Crippen LogP contribution >= 0.6 is 24.0 Å². The van der Waals surface area contributed by atoms with Crippen molar-refractivity contribution in [1.82, 2.24) is 4.90 Å². The van der Waals surface area contributed by atoms with Crippen molar-refractivity contribution in [3.8, 4) is 22.6 Å². The van der Waals surface area contributed by atoms with Gasteiger partial charge in [-0.05, 0) is 58.5 Å². The van der Waals surface area contributed by atoms with Gasteiger partial charge in [-0.15, -0.1) is 24.0 Å². The SMILES string of the molecule is COc1ccc(-c2ccccc2OC(C)C)c(C2OCC(C)(C)N2C)c1.I. The lowest BCUT2D eigenvalue weighted by atomic mass is 9.96. The van der Waals surface area contributed by atoms with Gasteiger partial charge in [0.05, 0.1) is 19.8 Å². The average molecular weight is 483 g/mol. The van der Waals surface area contributed by atoms with Crippen LogP contribution in [0.2, 0.25) is 0 Å². The molecule has 1 heterocycles. The van der Waals surface area contributed by atoms with E-state index in [0.29, 0.717) is 6.61 Å². The van der Waals surface area contributed by atoms with Crippen LogP contribution in [-0.2, 0) is 4.74 Å². The van der Waals surface area contributed by atoms with Crippen LogP contribution in [0.5, 0.6) is 11.5 Å². The highest BCUT2D eigenvalue weighted by atomic mass is 127. The Morgan fingerprint density at radius 1 is 1.11 bits per heavy atom. The van der Waals surface area contributed by atoms with E-state index in [2.05, 4.69) is 44.0 Å². The molecule has 0 aliphatic carbocycles. The molecule has 0 spiro atoms. The molecular weight excluding hydrogens is 453 g/mol. The summed E-state index contributed by atoms with van der Waals surface area (Å²) in [7, 11) is 3.80. The van der Waals surface area contributed by atoms with E-state index in [-0.39, 0.29) is 41.8 Å². The molecule has 1 atom stereocenters. The Labute approximate surface area is 179 Å². The first-order chi connectivity index (χ1) is 12.3. The normalized spacial score (nSPS) is 19.0. The minimum absolute atomic E-state index is 0. The zero-order valence-electron chi connectivity index (χ0n) is 17.0. The van der Waals surface area contributed by atoms with Crippen molar-refractivity contribution in [2.45, 2.75) is 45.6 Å². The van der Waals surface area contributed by atoms with Crippen LogP contribution in [-0.4, -0.2) is 37.3 Å². The Morgan fingerprint density at radius 3 is 2.41 bits per heavy atom. The molecule has 1 aliphatic rings. The van der Waals surface area contributed by atoms with Gasteiger partial charge in [-0.25, -0.2) is 0 Å². The van der Waals surface area contributed by atoms with Gasteiger partial charge >= 0.3 is 0 Å². The molecule has 4 nitrogen and oxygen atoms in total. The molecule has 148 valence electrons. The third kappa shape index (κ3) is 4.58. The monoisotopic (exact) mass is 483 g/mol. The first-order valence-corrected chi connectivity index (χ1v) is 9.12. The van der Waals surface area contributed by atoms with Gasteiger partial charge in [-0.2, -0.15) is 0 Å². The first kappa shape index (κ1) is 22.0. The highest BCUT2D eigenvalue weighted by Gasteiger charge is 2.39. The van der Waals surface area contributed by atoms with Crippen molar-refractivity contribution in [2.24, 2.45) is 0 Å². The summed E-state index contributed by atoms with van der Waals surface area (Å²) in [5.41, 5.74) is 3.26. The van der Waals surface area contributed by atoms with E-state index in [0.717, 1.165) is 28.2 Å². The number of benzene rings is 2. The molecule has 0 radical (unpaired) electrons. The number of ether oxygens (including phenoxy) is 3. The maximum absolute atomic E-state index is 6.18. The molecule has 2 aromatic carbocycles. The fourth-order valence-electron chi connectivity index (χ4n) is 3.28. The number of nitrogens with zero attached hydrogens (tertiary/aromatic N) is 1. The fourth-order valence-corrected chi connectivity index (χ4v) is 3.28. The van der Waals surface area contributed by atoms with Gasteiger partial charge in [0.2, 0.25) is 0 Å². The molecule has 1 unspecified atom stereocenters. The van der Waals surface area contributed by atoms with Crippen LogP contribution in [0.3, 0.4) is 0 Å². The molecule has 0 bridgehead atoms. The molecule has 0 amide bonds. The second-order valence-electron chi connectivity index (χ2n) is 7.70. The van der Waals surface area contributed by atoms with Crippen LogP contribution in [0, 0.1) is 0 Å². The van der Waals surface area contributed by atoms with Gasteiger partial charge in [0, 0.05) is 16.7 Å². The lowest BCUT2D eigenvalue weighted by molar-refractivity contribution is 0.0402. The second kappa shape index (κ2) is 8.80. The number of hydrogen-bond acceptors (Lipinski definition) is 4. The molecule has 0 saturated carbocycles. The molecule has 27 heavy (non-hydrogen) atoms. The van der Waals surface area contributed by atoms with Gasteiger partial charge in [-0.1, -0.05) is 24.3 Å². The van der Waals surface area contributed by atoms with Crippen molar-refractivity contribution >= 4 is 24.0 Å². The van der Waals surface area contributed by atoms with Crippen LogP contribution in [0.25, 0.3) is 11.1 Å². The highest BCUT2D eigenvalue weighted by molar-refractivity contribution is 14.0. The summed E-state index contributed by atoms with van der Waals surface area (Å²) >= 11 is 0. The Balaban J connectivity index is 0.00000261. The third-order valence-electron chi connectivity index (χ3n) is 4.97. The van der Waals surface area contributed by atoms with E-state index in [4.69, 9.17) is 14.2 Å². The highest BCUT2D eigenvalue weighted by Crippen LogP contribution is 2.43. The molecule has 5 heteroatoms. The van der Waals surface area contributed by atoms with Gasteiger partial charge in [0.15, 0.2) is 0 Å². The number of halogens is 1. The number of para-hydroxylation sites is 1. The summed E-state index contributed by atoms with van der Waals surface area (Å²) in [6, 6.07) is 14.3. The third-order valence-corrected chi connectivity index (χ3v) is 4.97. The topological polar surface area (TPSA) is 30.9 Å². The number of methoxy groups -OCH3 is 1. The molecule has 3 rings (SSSR count). The minimum atomic E-state index is -0.123. The molecule has 0 aromatic heterocycles. The summed E-state index contributed by atoms with van der Waals surface area (Å²) in [4.78, 5) is 2.27. The second-order valence-corrected chi connectivity index (χ2v) is 7.70. The maximum atomic E-state index is 6.18. The van der Waals surface area contributed by atoms with E-state index in [1.54, 1.807) is 7.11 Å². The molecular formula is C22H30INO3. The standard InChI is InChI=1S/C22H29NO3.HI/c1-15(2)26-20-10-8-7-9-18(20)17-12-11-16(24-6)13-19(17)21-23(5)22(3,4)14-25-21;/h7-13,15,21H,14H2,1-6H3;1H. The average Bonchev–Trinajstić information content (AvgIpc) is 2.88. The van der Waals surface area contributed by atoms with Crippen molar-refractivity contribution in [1.29, 1.82) is 0 Å². The van der Waals surface area contributed by atoms with Gasteiger partial charge in [0.25, 0.3) is 0 Å². The van der Waals surface area contributed by atoms with Crippen LogP contribution in [0.4, 0.5) is 0 Å². The summed E-state index contributed by atoms with van der Waals surface area (Å²) in [5, 5.41) is 0. The van der Waals surface area contributed by atoms with Crippen molar-refractivity contribution in [3.05, 3.63) is 48.0 Å². The largest absolute Gasteiger partial charge is 0.497 e. The summed E-state index contributed by atoms with van der Waals surface area (Å²) in [5.74, 6) is 1.71. The molecule has 1 saturated heterocycles. The predicted molar refractivity (Wildman–Crippen MR) is 120 cm³/mol. The Bertz CT molecular complexity index is 776. The Hall–Kier alpha value is -1.31. The van der Waals surface area contributed by atoms with E-state index in [1.807, 2.05) is 38.1 Å². The first-order valence-electron chi connectivity index (χ1n) is 9.12. The summed E-state index contributed by atoms with van der Waals surface area (Å²) < 4.78 is 17.7.